The number of anilines is 2. The molecule has 234 valence electrons. The molecule has 0 aromatic carbocycles. The lowest BCUT2D eigenvalue weighted by Gasteiger charge is -2.33. The van der Waals surface area contributed by atoms with E-state index >= 15 is 0 Å². The van der Waals surface area contributed by atoms with Crippen molar-refractivity contribution in [2.75, 3.05) is 10.6 Å². The predicted molar refractivity (Wildman–Crippen MR) is 166 cm³/mol. The van der Waals surface area contributed by atoms with E-state index in [2.05, 4.69) is 25.9 Å². The van der Waals surface area contributed by atoms with E-state index in [0.717, 1.165) is 0 Å². The van der Waals surface area contributed by atoms with Crippen molar-refractivity contribution in [1.82, 2.24) is 15.3 Å². The van der Waals surface area contributed by atoms with Crippen molar-refractivity contribution in [2.45, 2.75) is 77.2 Å². The summed E-state index contributed by atoms with van der Waals surface area (Å²) in [6, 6.07) is 6.02. The summed E-state index contributed by atoms with van der Waals surface area (Å²) in [4.78, 5) is 46.9. The third-order valence-electron chi connectivity index (χ3n) is 6.83. The molecule has 2 aliphatic rings. The van der Waals surface area contributed by atoms with Crippen LogP contribution in [0.4, 0.5) is 16.3 Å². The largest absolute Gasteiger partial charge is 0.444 e. The molecule has 0 bridgehead atoms. The van der Waals surface area contributed by atoms with Crippen LogP contribution >= 0.6 is 11.6 Å². The molecule has 44 heavy (non-hydrogen) atoms. The summed E-state index contributed by atoms with van der Waals surface area (Å²) in [6.45, 7) is 6.99. The molecule has 2 aliphatic carbocycles. The molecular weight excluding hydrogens is 610 g/mol. The van der Waals surface area contributed by atoms with Crippen LogP contribution in [-0.4, -0.2) is 65.0 Å². The predicted octanol–water partition coefficient (Wildman–Crippen LogP) is 4.48. The van der Waals surface area contributed by atoms with Gasteiger partial charge in [-0.25, -0.2) is 14.8 Å². The second-order valence-electron chi connectivity index (χ2n) is 11.4. The van der Waals surface area contributed by atoms with E-state index in [9.17, 15) is 22.8 Å². The first-order chi connectivity index (χ1) is 20.8. The second kappa shape index (κ2) is 14.1. The third kappa shape index (κ3) is 8.74. The van der Waals surface area contributed by atoms with Crippen molar-refractivity contribution in [3.63, 3.8) is 0 Å². The van der Waals surface area contributed by atoms with Crippen molar-refractivity contribution in [3.05, 3.63) is 70.7 Å². The number of alkyl carbamates (subject to hydrolysis) is 1. The summed E-state index contributed by atoms with van der Waals surface area (Å²) < 4.78 is 36.3. The molecule has 2 heterocycles. The first kappa shape index (κ1) is 32.8. The minimum atomic E-state index is -2.67. The number of amides is 3. The fourth-order valence-electron chi connectivity index (χ4n) is 4.80. The summed E-state index contributed by atoms with van der Waals surface area (Å²) in [6.07, 6.45) is 6.00. The Kier molecular flexibility index (Phi) is 10.6. The number of aromatic nitrogens is 2. The molecule has 4 rings (SSSR count). The molecule has 3 amide bonds. The van der Waals surface area contributed by atoms with E-state index in [4.69, 9.17) is 21.1 Å². The maximum atomic E-state index is 13.6. The summed E-state index contributed by atoms with van der Waals surface area (Å²) in [5, 5.41) is 8.56. The van der Waals surface area contributed by atoms with Gasteiger partial charge in [0.25, 0.3) is 11.8 Å². The van der Waals surface area contributed by atoms with Crippen LogP contribution in [-0.2, 0) is 24.6 Å². The van der Waals surface area contributed by atoms with Gasteiger partial charge in [0.15, 0.2) is 5.69 Å². The van der Waals surface area contributed by atoms with Crippen LogP contribution in [0.2, 0.25) is 5.02 Å². The lowest BCUT2D eigenvalue weighted by molar-refractivity contribution is -0.114. The number of pyridine rings is 2. The van der Waals surface area contributed by atoms with Crippen LogP contribution in [0.1, 0.15) is 63.9 Å². The van der Waals surface area contributed by atoms with Crippen LogP contribution in [0, 0.1) is 0 Å². The summed E-state index contributed by atoms with van der Waals surface area (Å²) in [7, 11) is -2.67. The van der Waals surface area contributed by atoms with Gasteiger partial charge in [-0.15, -0.1) is 0 Å². The summed E-state index contributed by atoms with van der Waals surface area (Å²) in [5.74, 6) is -1.05. The number of hydrogen-bond donors (Lipinski definition) is 3. The number of carbonyl (C=O) groups excluding carboxylic acids is 3. The first-order valence-corrected chi connectivity index (χ1v) is 15.4. The maximum Gasteiger partial charge on any atom is 0.407 e. The molecular formula is C30H34ClN5O7S. The molecule has 1 fully saturated rings. The van der Waals surface area contributed by atoms with Crippen molar-refractivity contribution >= 4 is 56.2 Å². The van der Waals surface area contributed by atoms with E-state index in [1.54, 1.807) is 39.8 Å². The van der Waals surface area contributed by atoms with E-state index in [-0.39, 0.29) is 39.8 Å². The minimum absolute atomic E-state index is 0.0513. The average Bonchev–Trinajstić information content (AvgIpc) is 2.94. The standard InChI is InChI=1S/C30H34ClN5O7S/c1-17-7-13-21(27(37)35-22-6-5-15-32-24(22)28(38)36-23-14-8-18(31)16-33-23)25(26(17)44(40)41)42-20-11-9-19(10-12-20)34-29(39)43-30(2,3)4/h5-8,13-16,19-20,25H,9-12H2,1-4H3,(H,34,39)(H,35,37)(H,33,36,38). The number of rotatable bonds is 7. The molecule has 1 atom stereocenters. The van der Waals surface area contributed by atoms with Gasteiger partial charge >= 0.3 is 6.09 Å². The van der Waals surface area contributed by atoms with Gasteiger partial charge in [0.2, 0.25) is 10.3 Å². The molecule has 3 N–H and O–H groups in total. The van der Waals surface area contributed by atoms with Crippen molar-refractivity contribution in [2.24, 2.45) is 0 Å². The highest BCUT2D eigenvalue weighted by molar-refractivity contribution is 7.73. The Hall–Kier alpha value is -4.07. The van der Waals surface area contributed by atoms with Crippen LogP contribution in [0.5, 0.6) is 0 Å². The monoisotopic (exact) mass is 643 g/mol. The molecule has 0 spiro atoms. The zero-order valence-electron chi connectivity index (χ0n) is 24.7. The molecule has 2 aromatic rings. The van der Waals surface area contributed by atoms with E-state index < -0.39 is 39.9 Å². The van der Waals surface area contributed by atoms with E-state index in [1.165, 1.54) is 36.7 Å². The quantitative estimate of drug-likeness (QED) is 0.369. The average molecular weight is 644 g/mol. The molecule has 2 aromatic heterocycles. The van der Waals surface area contributed by atoms with Gasteiger partial charge in [0, 0.05) is 18.4 Å². The Morgan fingerprint density at radius 1 is 0.977 bits per heavy atom. The van der Waals surface area contributed by atoms with Crippen LogP contribution < -0.4 is 16.0 Å². The highest BCUT2D eigenvalue weighted by Gasteiger charge is 2.35. The zero-order valence-corrected chi connectivity index (χ0v) is 26.3. The SMILES string of the molecule is CC1=CC=C(C(=O)Nc2cccnc2C(=O)Nc2ccc(Cl)cn2)C(OC2CCC(NC(=O)OC(C)(C)C)CC2)C1=S(=O)=O. The molecule has 0 radical (unpaired) electrons. The molecule has 14 heteroatoms. The smallest absolute Gasteiger partial charge is 0.407 e. The Morgan fingerprint density at radius 3 is 2.34 bits per heavy atom. The van der Waals surface area contributed by atoms with Crippen molar-refractivity contribution < 1.29 is 32.3 Å². The van der Waals surface area contributed by atoms with Gasteiger partial charge in [0.1, 0.15) is 22.4 Å². The summed E-state index contributed by atoms with van der Waals surface area (Å²) in [5.41, 5.74) is -0.0938. The van der Waals surface area contributed by atoms with Crippen LogP contribution in [0.15, 0.2) is 60.0 Å². The second-order valence-corrected chi connectivity index (χ2v) is 12.7. The Morgan fingerprint density at radius 2 is 1.70 bits per heavy atom. The minimum Gasteiger partial charge on any atom is -0.444 e. The fraction of sp³-hybridized carbons (Fsp3) is 0.400. The lowest BCUT2D eigenvalue weighted by Crippen LogP contribution is -2.44. The Balaban J connectivity index is 1.48. The van der Waals surface area contributed by atoms with Crippen molar-refractivity contribution in [1.29, 1.82) is 0 Å². The van der Waals surface area contributed by atoms with E-state index in [1.807, 2.05) is 0 Å². The number of carbonyl (C=O) groups is 3. The molecule has 1 unspecified atom stereocenters. The number of nitrogens with zero attached hydrogens (tertiary/aromatic N) is 2. The number of ether oxygens (including phenoxy) is 2. The highest BCUT2D eigenvalue weighted by Crippen LogP contribution is 2.29. The van der Waals surface area contributed by atoms with Gasteiger partial charge in [-0.3, -0.25) is 9.59 Å². The van der Waals surface area contributed by atoms with Gasteiger partial charge < -0.3 is 25.4 Å². The van der Waals surface area contributed by atoms with Crippen LogP contribution in [0.25, 0.3) is 0 Å². The Labute approximate surface area is 261 Å². The number of halogens is 1. The van der Waals surface area contributed by atoms with Crippen LogP contribution in [0.3, 0.4) is 0 Å². The molecule has 0 saturated heterocycles. The van der Waals surface area contributed by atoms with Gasteiger partial charge in [-0.1, -0.05) is 23.8 Å². The molecule has 0 aliphatic heterocycles. The fourth-order valence-corrected chi connectivity index (χ4v) is 5.60. The highest BCUT2D eigenvalue weighted by atomic mass is 35.5. The maximum absolute atomic E-state index is 13.6. The summed E-state index contributed by atoms with van der Waals surface area (Å²) >= 11 is 5.86. The lowest BCUT2D eigenvalue weighted by atomic mass is 9.91. The van der Waals surface area contributed by atoms with E-state index in [0.29, 0.717) is 36.3 Å². The third-order valence-corrected chi connectivity index (χ3v) is 7.95. The first-order valence-electron chi connectivity index (χ1n) is 14.0. The van der Waals surface area contributed by atoms with Gasteiger partial charge in [-0.05, 0) is 83.2 Å². The number of hydrogen-bond acceptors (Lipinski definition) is 9. The topological polar surface area (TPSA) is 166 Å². The molecule has 12 nitrogen and oxygen atoms in total. The van der Waals surface area contributed by atoms with Gasteiger partial charge in [0.05, 0.1) is 22.4 Å². The zero-order chi connectivity index (χ0) is 32.0. The number of nitrogens with one attached hydrogen (secondary N) is 3. The van der Waals surface area contributed by atoms with Gasteiger partial charge in [-0.2, -0.15) is 8.42 Å². The Bertz CT molecular complexity index is 1620. The molecule has 1 saturated carbocycles. The van der Waals surface area contributed by atoms with Crippen molar-refractivity contribution in [3.8, 4) is 0 Å². The number of allylic oxidation sites excluding steroid dienone is 2. The normalized spacial score (nSPS) is 20.1.